The van der Waals surface area contributed by atoms with E-state index >= 15 is 0 Å². The summed E-state index contributed by atoms with van der Waals surface area (Å²) in [5, 5.41) is 10.7. The van der Waals surface area contributed by atoms with E-state index in [4.69, 9.17) is 5.73 Å². The van der Waals surface area contributed by atoms with Crippen molar-refractivity contribution in [2.75, 3.05) is 11.1 Å². The lowest BCUT2D eigenvalue weighted by molar-refractivity contribution is 1.01. The third-order valence-corrected chi connectivity index (χ3v) is 2.39. The zero-order valence-electron chi connectivity index (χ0n) is 7.34. The topological polar surface area (TPSA) is 76.7 Å². The van der Waals surface area contributed by atoms with Gasteiger partial charge in [0.2, 0.25) is 0 Å². The number of hydrogen-bond acceptors (Lipinski definition) is 6. The summed E-state index contributed by atoms with van der Waals surface area (Å²) < 4.78 is 0. The van der Waals surface area contributed by atoms with Crippen molar-refractivity contribution >= 4 is 23.0 Å². The maximum absolute atomic E-state index is 5.41. The summed E-state index contributed by atoms with van der Waals surface area (Å²) in [5.74, 6) is 1.14. The van der Waals surface area contributed by atoms with Crippen molar-refractivity contribution in [2.45, 2.75) is 6.54 Å². The van der Waals surface area contributed by atoms with Crippen LogP contribution in [-0.2, 0) is 6.54 Å². The monoisotopic (exact) mass is 207 g/mol. The first-order valence-corrected chi connectivity index (χ1v) is 4.93. The van der Waals surface area contributed by atoms with Crippen LogP contribution in [0.1, 0.15) is 4.88 Å². The molecule has 3 N–H and O–H groups in total. The fourth-order valence-corrected chi connectivity index (χ4v) is 1.48. The zero-order valence-corrected chi connectivity index (χ0v) is 8.16. The van der Waals surface area contributed by atoms with Crippen LogP contribution in [0.5, 0.6) is 0 Å². The molecular formula is C8H9N5S. The van der Waals surface area contributed by atoms with Gasteiger partial charge in [-0.25, -0.2) is 0 Å². The summed E-state index contributed by atoms with van der Waals surface area (Å²) in [7, 11) is 0. The Hall–Kier alpha value is -1.69. The lowest BCUT2D eigenvalue weighted by Crippen LogP contribution is -2.02. The van der Waals surface area contributed by atoms with Crippen molar-refractivity contribution in [3.8, 4) is 0 Å². The lowest BCUT2D eigenvalue weighted by Gasteiger charge is -2.01. The molecule has 0 aliphatic rings. The molecule has 0 saturated heterocycles. The van der Waals surface area contributed by atoms with Gasteiger partial charge >= 0.3 is 0 Å². The largest absolute Gasteiger partial charge is 0.382 e. The molecule has 2 heterocycles. The minimum atomic E-state index is 0.424. The predicted octanol–water partition coefficient (Wildman–Crippen LogP) is 1.13. The average molecular weight is 207 g/mol. The van der Waals surface area contributed by atoms with Crippen LogP contribution in [0.15, 0.2) is 23.8 Å². The van der Waals surface area contributed by atoms with Gasteiger partial charge in [0.05, 0.1) is 12.1 Å². The molecule has 0 atom stereocenters. The summed E-state index contributed by atoms with van der Waals surface area (Å²) in [5.41, 5.74) is 7.21. The predicted molar refractivity (Wildman–Crippen MR) is 55.9 cm³/mol. The molecule has 0 radical (unpaired) electrons. The number of rotatable bonds is 3. The van der Waals surface area contributed by atoms with Crippen LogP contribution in [0, 0.1) is 0 Å². The normalized spacial score (nSPS) is 10.0. The summed E-state index contributed by atoms with van der Waals surface area (Å²) in [6.45, 7) is 0.712. The van der Waals surface area contributed by atoms with E-state index in [9.17, 15) is 0 Å². The molecule has 0 unspecified atom stereocenters. The number of thiazole rings is 1. The van der Waals surface area contributed by atoms with Crippen molar-refractivity contribution in [3.63, 3.8) is 0 Å². The highest BCUT2D eigenvalue weighted by molar-refractivity contribution is 7.09. The molecule has 2 aromatic heterocycles. The van der Waals surface area contributed by atoms with Crippen LogP contribution in [0.25, 0.3) is 0 Å². The van der Waals surface area contributed by atoms with Crippen molar-refractivity contribution in [1.82, 2.24) is 15.2 Å². The van der Waals surface area contributed by atoms with E-state index in [0.29, 0.717) is 18.2 Å². The third-order valence-electron chi connectivity index (χ3n) is 1.61. The van der Waals surface area contributed by atoms with Gasteiger partial charge < -0.3 is 11.1 Å². The molecule has 14 heavy (non-hydrogen) atoms. The summed E-state index contributed by atoms with van der Waals surface area (Å²) >= 11 is 1.60. The Bertz CT molecular complexity index is 383. The Morgan fingerprint density at radius 2 is 2.29 bits per heavy atom. The van der Waals surface area contributed by atoms with Crippen LogP contribution in [0.3, 0.4) is 0 Å². The minimum absolute atomic E-state index is 0.424. The van der Waals surface area contributed by atoms with E-state index in [1.54, 1.807) is 29.0 Å². The molecule has 0 fully saturated rings. The van der Waals surface area contributed by atoms with E-state index in [1.165, 1.54) is 0 Å². The lowest BCUT2D eigenvalue weighted by atomic mass is 10.4. The van der Waals surface area contributed by atoms with E-state index < -0.39 is 0 Å². The van der Waals surface area contributed by atoms with Gasteiger partial charge in [0.25, 0.3) is 0 Å². The quantitative estimate of drug-likeness (QED) is 0.788. The Morgan fingerprint density at radius 1 is 1.36 bits per heavy atom. The molecule has 2 rings (SSSR count). The molecule has 0 saturated carbocycles. The summed E-state index contributed by atoms with van der Waals surface area (Å²) in [6.07, 6.45) is 1.82. The average Bonchev–Trinajstić information content (AvgIpc) is 2.70. The van der Waals surface area contributed by atoms with Crippen molar-refractivity contribution < 1.29 is 0 Å². The second-order valence-corrected chi connectivity index (χ2v) is 3.64. The van der Waals surface area contributed by atoms with Crippen LogP contribution in [0.4, 0.5) is 11.6 Å². The molecule has 0 aliphatic carbocycles. The number of hydrogen-bond donors (Lipinski definition) is 2. The second-order valence-electron chi connectivity index (χ2n) is 2.66. The van der Waals surface area contributed by atoms with Crippen molar-refractivity contribution in [2.24, 2.45) is 0 Å². The van der Waals surface area contributed by atoms with Crippen molar-refractivity contribution in [1.29, 1.82) is 0 Å². The molecule has 72 valence electrons. The molecule has 0 spiro atoms. The van der Waals surface area contributed by atoms with Crippen LogP contribution < -0.4 is 11.1 Å². The van der Waals surface area contributed by atoms with Crippen molar-refractivity contribution in [3.05, 3.63) is 28.7 Å². The Labute approximate surface area is 85.0 Å². The van der Waals surface area contributed by atoms with Crippen LogP contribution >= 0.6 is 11.3 Å². The first kappa shape index (κ1) is 8.89. The molecule has 2 aromatic rings. The first-order chi connectivity index (χ1) is 6.84. The highest BCUT2D eigenvalue weighted by Gasteiger charge is 1.96. The molecule has 0 bridgehead atoms. The fraction of sp³-hybridized carbons (Fsp3) is 0.125. The van der Waals surface area contributed by atoms with E-state index in [2.05, 4.69) is 20.5 Å². The molecular weight excluding hydrogens is 198 g/mol. The van der Waals surface area contributed by atoms with Crippen LogP contribution in [0.2, 0.25) is 0 Å². The van der Waals surface area contributed by atoms with E-state index in [-0.39, 0.29) is 0 Å². The molecule has 0 amide bonds. The molecule has 5 nitrogen and oxygen atoms in total. The van der Waals surface area contributed by atoms with Gasteiger partial charge in [-0.3, -0.25) is 4.98 Å². The van der Waals surface area contributed by atoms with Gasteiger partial charge in [0.1, 0.15) is 11.6 Å². The maximum Gasteiger partial charge on any atom is 0.149 e. The van der Waals surface area contributed by atoms with Crippen LogP contribution in [-0.4, -0.2) is 15.2 Å². The van der Waals surface area contributed by atoms with E-state index in [1.807, 2.05) is 6.20 Å². The standard InChI is InChI=1S/C8H9N5S/c9-7-1-2-8(13-12-7)11-4-6-3-10-5-14-6/h1-3,5H,4H2,(H2,9,12)(H,11,13). The van der Waals surface area contributed by atoms with Gasteiger partial charge in [0, 0.05) is 11.1 Å². The fourth-order valence-electron chi connectivity index (χ4n) is 0.944. The van der Waals surface area contributed by atoms with Gasteiger partial charge in [-0.15, -0.1) is 21.5 Å². The molecule has 0 aromatic carbocycles. The number of anilines is 2. The molecule has 6 heteroatoms. The second kappa shape index (κ2) is 4.01. The Morgan fingerprint density at radius 3 is 2.93 bits per heavy atom. The van der Waals surface area contributed by atoms with Gasteiger partial charge in [-0.05, 0) is 12.1 Å². The molecule has 0 aliphatic heterocycles. The van der Waals surface area contributed by atoms with E-state index in [0.717, 1.165) is 4.88 Å². The Kier molecular flexibility index (Phi) is 2.55. The smallest absolute Gasteiger partial charge is 0.149 e. The highest BCUT2D eigenvalue weighted by Crippen LogP contribution is 2.09. The summed E-state index contributed by atoms with van der Waals surface area (Å²) in [4.78, 5) is 5.13. The first-order valence-electron chi connectivity index (χ1n) is 4.05. The number of nitrogens with one attached hydrogen (secondary N) is 1. The number of nitrogens with two attached hydrogens (primary N) is 1. The Balaban J connectivity index is 1.95. The SMILES string of the molecule is Nc1ccc(NCc2cncs2)nn1. The minimum Gasteiger partial charge on any atom is -0.382 e. The highest BCUT2D eigenvalue weighted by atomic mass is 32.1. The number of nitrogens with zero attached hydrogens (tertiary/aromatic N) is 3. The van der Waals surface area contributed by atoms with Gasteiger partial charge in [-0.2, -0.15) is 0 Å². The number of aromatic nitrogens is 3. The van der Waals surface area contributed by atoms with Gasteiger partial charge in [-0.1, -0.05) is 0 Å². The van der Waals surface area contributed by atoms with Gasteiger partial charge in [0.15, 0.2) is 0 Å². The number of nitrogen functional groups attached to an aromatic ring is 1. The summed E-state index contributed by atoms with van der Waals surface area (Å²) in [6, 6.07) is 3.51. The zero-order chi connectivity index (χ0) is 9.80. The maximum atomic E-state index is 5.41. The third kappa shape index (κ3) is 2.17.